The average molecular weight is 406 g/mol. The van der Waals surface area contributed by atoms with Gasteiger partial charge in [-0.05, 0) is 64.8 Å². The van der Waals surface area contributed by atoms with Gasteiger partial charge in [-0.1, -0.05) is 11.6 Å². The lowest BCUT2D eigenvalue weighted by Gasteiger charge is -2.33. The van der Waals surface area contributed by atoms with Crippen LogP contribution in [0.25, 0.3) is 0 Å². The minimum absolute atomic E-state index is 0.125. The minimum atomic E-state index is -0.229. The number of hydrogen-bond donors (Lipinski definition) is 1. The molecule has 1 aromatic carbocycles. The van der Waals surface area contributed by atoms with Crippen LogP contribution < -0.4 is 5.32 Å². The molecule has 0 radical (unpaired) electrons. The minimum Gasteiger partial charge on any atom is -0.337 e. The van der Waals surface area contributed by atoms with E-state index in [0.717, 1.165) is 23.4 Å². The zero-order chi connectivity index (χ0) is 19.7. The van der Waals surface area contributed by atoms with Crippen molar-refractivity contribution in [2.24, 2.45) is 0 Å². The number of thiazole rings is 1. The number of aryl methyl sites for hydroxylation is 1. The highest BCUT2D eigenvalue weighted by Crippen LogP contribution is 2.40. The fourth-order valence-corrected chi connectivity index (χ4v) is 4.74. The predicted octanol–water partition coefficient (Wildman–Crippen LogP) is 4.72. The van der Waals surface area contributed by atoms with E-state index in [4.69, 9.17) is 11.6 Å². The van der Waals surface area contributed by atoms with Crippen molar-refractivity contribution in [3.8, 4) is 0 Å². The topological polar surface area (TPSA) is 62.3 Å². The number of nitrogens with zero attached hydrogens (tertiary/aromatic N) is 2. The summed E-state index contributed by atoms with van der Waals surface area (Å²) in [7, 11) is 0. The van der Waals surface area contributed by atoms with Crippen molar-refractivity contribution < 1.29 is 9.59 Å². The van der Waals surface area contributed by atoms with Gasteiger partial charge in [0.05, 0.1) is 11.6 Å². The van der Waals surface area contributed by atoms with Crippen LogP contribution in [0.5, 0.6) is 0 Å². The van der Waals surface area contributed by atoms with Crippen LogP contribution in [0.4, 0.5) is 5.13 Å². The molecule has 1 N–H and O–H groups in total. The first kappa shape index (κ1) is 19.8. The molecule has 144 valence electrons. The highest BCUT2D eigenvalue weighted by molar-refractivity contribution is 7.16. The lowest BCUT2D eigenvalue weighted by atomic mass is 10.0. The lowest BCUT2D eigenvalue weighted by Crippen LogP contribution is -2.44. The fraction of sp³-hybridized carbons (Fsp3) is 0.450. The summed E-state index contributed by atoms with van der Waals surface area (Å²) < 4.78 is 0. The zero-order valence-electron chi connectivity index (χ0n) is 16.0. The van der Waals surface area contributed by atoms with Crippen molar-refractivity contribution in [3.63, 3.8) is 0 Å². The van der Waals surface area contributed by atoms with Crippen LogP contribution >= 0.6 is 22.9 Å². The second-order valence-corrected chi connectivity index (χ2v) is 8.83. The number of halogens is 1. The molecule has 3 rings (SSSR count). The number of anilines is 1. The monoisotopic (exact) mass is 405 g/mol. The molecule has 1 aliphatic rings. The molecule has 2 amide bonds. The molecule has 7 heteroatoms. The van der Waals surface area contributed by atoms with E-state index in [9.17, 15) is 9.59 Å². The van der Waals surface area contributed by atoms with Gasteiger partial charge in [-0.3, -0.25) is 14.9 Å². The molecular formula is C20H24ClN3O2S. The van der Waals surface area contributed by atoms with Crippen molar-refractivity contribution in [1.82, 2.24) is 9.88 Å². The SMILES string of the molecule is CC(C)N(C(=O)C1CCc2sc(NC(=O)c3ccc(Cl)cc3)nc21)C(C)C. The Balaban J connectivity index is 1.77. The second-order valence-electron chi connectivity index (χ2n) is 7.31. The van der Waals surface area contributed by atoms with E-state index in [-0.39, 0.29) is 29.8 Å². The summed E-state index contributed by atoms with van der Waals surface area (Å²) in [6.07, 6.45) is 1.61. The third-order valence-corrected chi connectivity index (χ3v) is 6.01. The van der Waals surface area contributed by atoms with Crippen molar-refractivity contribution in [1.29, 1.82) is 0 Å². The summed E-state index contributed by atoms with van der Waals surface area (Å²) in [6, 6.07) is 7.00. The molecule has 1 atom stereocenters. The highest BCUT2D eigenvalue weighted by Gasteiger charge is 2.36. The molecule has 0 saturated heterocycles. The Labute approximate surface area is 168 Å². The summed E-state index contributed by atoms with van der Waals surface area (Å²) in [4.78, 5) is 33.1. The normalized spacial score (nSPS) is 15.9. The van der Waals surface area contributed by atoms with E-state index in [1.807, 2.05) is 32.6 Å². The maximum Gasteiger partial charge on any atom is 0.257 e. The number of amides is 2. The van der Waals surface area contributed by atoms with Gasteiger partial charge in [0.2, 0.25) is 5.91 Å². The number of benzene rings is 1. The van der Waals surface area contributed by atoms with Gasteiger partial charge in [0.1, 0.15) is 0 Å². The van der Waals surface area contributed by atoms with Crippen molar-refractivity contribution in [2.75, 3.05) is 5.32 Å². The molecule has 0 spiro atoms. The number of hydrogen-bond acceptors (Lipinski definition) is 4. The Morgan fingerprint density at radius 2 is 1.81 bits per heavy atom. The first-order chi connectivity index (χ1) is 12.8. The smallest absolute Gasteiger partial charge is 0.257 e. The summed E-state index contributed by atoms with van der Waals surface area (Å²) in [5, 5.41) is 3.97. The molecule has 1 aromatic heterocycles. The number of carbonyl (C=O) groups is 2. The quantitative estimate of drug-likeness (QED) is 0.782. The molecule has 5 nitrogen and oxygen atoms in total. The van der Waals surface area contributed by atoms with E-state index >= 15 is 0 Å². The van der Waals surface area contributed by atoms with Crippen molar-refractivity contribution in [2.45, 2.75) is 58.5 Å². The molecule has 0 bridgehead atoms. The van der Waals surface area contributed by atoms with Crippen LogP contribution in [0, 0.1) is 0 Å². The van der Waals surface area contributed by atoms with Gasteiger partial charge in [0, 0.05) is 27.5 Å². The Morgan fingerprint density at radius 1 is 1.19 bits per heavy atom. The molecule has 0 saturated carbocycles. The van der Waals surface area contributed by atoms with Crippen molar-refractivity contribution in [3.05, 3.63) is 45.4 Å². The largest absolute Gasteiger partial charge is 0.337 e. The summed E-state index contributed by atoms with van der Waals surface area (Å²) in [6.45, 7) is 8.14. The Kier molecular flexibility index (Phi) is 5.86. The number of rotatable bonds is 5. The summed E-state index contributed by atoms with van der Waals surface area (Å²) >= 11 is 7.32. The van der Waals surface area contributed by atoms with Gasteiger partial charge in [-0.2, -0.15) is 0 Å². The number of carbonyl (C=O) groups excluding carboxylic acids is 2. The maximum atomic E-state index is 13.1. The molecule has 1 aliphatic carbocycles. The summed E-state index contributed by atoms with van der Waals surface area (Å²) in [5.41, 5.74) is 1.34. The molecule has 0 fully saturated rings. The van der Waals surface area contributed by atoms with Gasteiger partial charge in [0.15, 0.2) is 5.13 Å². The van der Waals surface area contributed by atoms with Gasteiger partial charge < -0.3 is 4.90 Å². The molecule has 1 unspecified atom stereocenters. The van der Waals surface area contributed by atoms with Crippen LogP contribution in [-0.2, 0) is 11.2 Å². The third-order valence-electron chi connectivity index (χ3n) is 4.71. The van der Waals surface area contributed by atoms with Gasteiger partial charge in [-0.15, -0.1) is 11.3 Å². The van der Waals surface area contributed by atoms with E-state index in [0.29, 0.717) is 15.7 Å². The lowest BCUT2D eigenvalue weighted by molar-refractivity contribution is -0.136. The molecule has 1 heterocycles. The number of fused-ring (bicyclic) bond motifs is 1. The molecular weight excluding hydrogens is 382 g/mol. The highest BCUT2D eigenvalue weighted by atomic mass is 35.5. The Hall–Kier alpha value is -1.92. The van der Waals surface area contributed by atoms with E-state index in [1.54, 1.807) is 24.3 Å². The fourth-order valence-electron chi connectivity index (χ4n) is 3.58. The van der Waals surface area contributed by atoms with E-state index in [2.05, 4.69) is 10.3 Å². The zero-order valence-corrected chi connectivity index (χ0v) is 17.5. The number of nitrogens with one attached hydrogen (secondary N) is 1. The van der Waals surface area contributed by atoms with Crippen LogP contribution in [0.1, 0.15) is 61.0 Å². The number of aromatic nitrogens is 1. The van der Waals surface area contributed by atoms with Crippen LogP contribution in [0.3, 0.4) is 0 Å². The molecule has 2 aromatic rings. The van der Waals surface area contributed by atoms with Crippen LogP contribution in [0.2, 0.25) is 5.02 Å². The van der Waals surface area contributed by atoms with Gasteiger partial charge in [-0.25, -0.2) is 4.98 Å². The van der Waals surface area contributed by atoms with E-state index < -0.39 is 0 Å². The van der Waals surface area contributed by atoms with Crippen LogP contribution in [0.15, 0.2) is 24.3 Å². The standard InChI is InChI=1S/C20H24ClN3O2S/c1-11(2)24(12(3)4)19(26)15-9-10-16-17(15)22-20(27-16)23-18(25)13-5-7-14(21)8-6-13/h5-8,11-12,15H,9-10H2,1-4H3,(H,22,23,25). The molecule has 27 heavy (non-hydrogen) atoms. The van der Waals surface area contributed by atoms with E-state index in [1.165, 1.54) is 11.3 Å². The first-order valence-corrected chi connectivity index (χ1v) is 10.4. The first-order valence-electron chi connectivity index (χ1n) is 9.16. The third kappa shape index (κ3) is 4.17. The predicted molar refractivity (Wildman–Crippen MR) is 110 cm³/mol. The molecule has 0 aliphatic heterocycles. The Morgan fingerprint density at radius 3 is 2.41 bits per heavy atom. The summed E-state index contributed by atoms with van der Waals surface area (Å²) in [5.74, 6) is -0.324. The van der Waals surface area contributed by atoms with Crippen molar-refractivity contribution >= 4 is 39.9 Å². The van der Waals surface area contributed by atoms with Gasteiger partial charge >= 0.3 is 0 Å². The average Bonchev–Trinajstić information content (AvgIpc) is 3.14. The second kappa shape index (κ2) is 7.98. The van der Waals surface area contributed by atoms with Crippen LogP contribution in [-0.4, -0.2) is 33.8 Å². The van der Waals surface area contributed by atoms with Gasteiger partial charge in [0.25, 0.3) is 5.91 Å². The Bertz CT molecular complexity index is 837. The maximum absolute atomic E-state index is 13.1.